The molecular weight excluding hydrogens is 309 g/mol. The predicted molar refractivity (Wildman–Crippen MR) is 79.5 cm³/mol. The van der Waals surface area contributed by atoms with Crippen molar-refractivity contribution in [3.63, 3.8) is 0 Å². The molecule has 1 N–H and O–H groups in total. The van der Waals surface area contributed by atoms with Crippen LogP contribution in [0.5, 0.6) is 0 Å². The van der Waals surface area contributed by atoms with E-state index in [-0.39, 0.29) is 30.8 Å². The van der Waals surface area contributed by atoms with Gasteiger partial charge in [0.15, 0.2) is 5.60 Å². The number of alkyl halides is 3. The second kappa shape index (κ2) is 6.46. The molecule has 5 unspecified atom stereocenters. The minimum absolute atomic E-state index is 0.104. The molecule has 132 valence electrons. The highest BCUT2D eigenvalue weighted by atomic mass is 19.4. The van der Waals surface area contributed by atoms with E-state index in [1.165, 1.54) is 0 Å². The van der Waals surface area contributed by atoms with Crippen molar-refractivity contribution in [3.8, 4) is 0 Å². The number of aliphatic hydroxyl groups is 1. The first-order chi connectivity index (χ1) is 10.5. The molecule has 0 radical (unpaired) electrons. The van der Waals surface area contributed by atoms with E-state index in [0.717, 1.165) is 26.2 Å². The summed E-state index contributed by atoms with van der Waals surface area (Å²) in [6.07, 6.45) is -1.48. The molecule has 5 atom stereocenters. The minimum atomic E-state index is -4.60. The second-order valence-electron chi connectivity index (χ2n) is 7.44. The van der Waals surface area contributed by atoms with Crippen LogP contribution in [0.2, 0.25) is 0 Å². The molecular formula is C17H25F3O3. The topological polar surface area (TPSA) is 46.5 Å². The highest BCUT2D eigenvalue weighted by Crippen LogP contribution is 2.55. The van der Waals surface area contributed by atoms with E-state index in [1.54, 1.807) is 6.92 Å². The van der Waals surface area contributed by atoms with Crippen molar-refractivity contribution in [2.45, 2.75) is 57.7 Å². The van der Waals surface area contributed by atoms with Crippen LogP contribution in [0.4, 0.5) is 13.2 Å². The first kappa shape index (κ1) is 18.3. The molecule has 3 nitrogen and oxygen atoms in total. The van der Waals surface area contributed by atoms with Gasteiger partial charge in [0, 0.05) is 5.57 Å². The minimum Gasteiger partial charge on any atom is -0.462 e. The average Bonchev–Trinajstić information content (AvgIpc) is 2.95. The summed E-state index contributed by atoms with van der Waals surface area (Å²) in [4.78, 5) is 11.4. The Kier molecular flexibility index (Phi) is 5.14. The largest absolute Gasteiger partial charge is 0.462 e. The van der Waals surface area contributed by atoms with Gasteiger partial charge in [0.1, 0.15) is 0 Å². The SMILES string of the molecule is C=C(C)C(=O)OCCC1CC2CC(CC(C)(O)C(F)(F)F)C1C2. The summed E-state index contributed by atoms with van der Waals surface area (Å²) in [6.45, 7) is 6.23. The van der Waals surface area contributed by atoms with Gasteiger partial charge in [-0.25, -0.2) is 4.79 Å². The Morgan fingerprint density at radius 2 is 1.87 bits per heavy atom. The lowest BCUT2D eigenvalue weighted by Gasteiger charge is -2.35. The predicted octanol–water partition coefficient (Wildman–Crippen LogP) is 3.86. The monoisotopic (exact) mass is 334 g/mol. The lowest BCUT2D eigenvalue weighted by Crippen LogP contribution is -2.44. The molecule has 2 fully saturated rings. The van der Waals surface area contributed by atoms with Crippen molar-refractivity contribution in [1.29, 1.82) is 0 Å². The molecule has 6 heteroatoms. The van der Waals surface area contributed by atoms with Gasteiger partial charge in [-0.05, 0) is 69.6 Å². The van der Waals surface area contributed by atoms with E-state index >= 15 is 0 Å². The molecule has 0 saturated heterocycles. The van der Waals surface area contributed by atoms with Crippen molar-refractivity contribution < 1.29 is 27.8 Å². The maximum atomic E-state index is 12.9. The maximum Gasteiger partial charge on any atom is 0.416 e. The van der Waals surface area contributed by atoms with Gasteiger partial charge in [0.05, 0.1) is 6.61 Å². The fourth-order valence-electron chi connectivity index (χ4n) is 4.27. The Hall–Kier alpha value is -1.04. The third kappa shape index (κ3) is 4.08. The van der Waals surface area contributed by atoms with Gasteiger partial charge in [0.25, 0.3) is 0 Å². The van der Waals surface area contributed by atoms with E-state index in [2.05, 4.69) is 6.58 Å². The quantitative estimate of drug-likeness (QED) is 0.593. The van der Waals surface area contributed by atoms with Gasteiger partial charge in [-0.2, -0.15) is 13.2 Å². The first-order valence-corrected chi connectivity index (χ1v) is 8.13. The number of hydrogen-bond acceptors (Lipinski definition) is 3. The smallest absolute Gasteiger partial charge is 0.416 e. The van der Waals surface area contributed by atoms with Crippen molar-refractivity contribution >= 4 is 5.97 Å². The fourth-order valence-corrected chi connectivity index (χ4v) is 4.27. The summed E-state index contributed by atoms with van der Waals surface area (Å²) in [5.41, 5.74) is -2.28. The summed E-state index contributed by atoms with van der Waals surface area (Å²) in [6, 6.07) is 0. The van der Waals surface area contributed by atoms with Gasteiger partial charge in [-0.1, -0.05) is 6.58 Å². The van der Waals surface area contributed by atoms with Crippen molar-refractivity contribution in [1.82, 2.24) is 0 Å². The van der Waals surface area contributed by atoms with E-state index in [9.17, 15) is 23.1 Å². The fraction of sp³-hybridized carbons (Fsp3) is 0.824. The number of esters is 1. The van der Waals surface area contributed by atoms with Crippen LogP contribution in [-0.4, -0.2) is 29.5 Å². The Bertz CT molecular complexity index is 470. The van der Waals surface area contributed by atoms with Gasteiger partial charge in [-0.15, -0.1) is 0 Å². The molecule has 23 heavy (non-hydrogen) atoms. The van der Waals surface area contributed by atoms with E-state index in [4.69, 9.17) is 4.74 Å². The average molecular weight is 334 g/mol. The summed E-state index contributed by atoms with van der Waals surface area (Å²) in [5.74, 6) is 0.380. The van der Waals surface area contributed by atoms with E-state index in [0.29, 0.717) is 17.9 Å². The van der Waals surface area contributed by atoms with Crippen LogP contribution in [0.3, 0.4) is 0 Å². The van der Waals surface area contributed by atoms with E-state index < -0.39 is 17.7 Å². The molecule has 0 aromatic rings. The number of carbonyl (C=O) groups excluding carboxylic acids is 1. The van der Waals surface area contributed by atoms with Crippen molar-refractivity contribution in [2.75, 3.05) is 6.61 Å². The van der Waals surface area contributed by atoms with Crippen LogP contribution in [0.1, 0.15) is 46.0 Å². The number of halogens is 3. The van der Waals surface area contributed by atoms with E-state index in [1.807, 2.05) is 0 Å². The summed E-state index contributed by atoms with van der Waals surface area (Å²) in [7, 11) is 0. The summed E-state index contributed by atoms with van der Waals surface area (Å²) in [5, 5.41) is 9.73. The molecule has 2 rings (SSSR count). The van der Waals surface area contributed by atoms with Gasteiger partial charge >= 0.3 is 12.1 Å². The summed E-state index contributed by atoms with van der Waals surface area (Å²) < 4.78 is 43.7. The molecule has 0 spiro atoms. The van der Waals surface area contributed by atoms with Crippen molar-refractivity contribution in [3.05, 3.63) is 12.2 Å². The zero-order valence-corrected chi connectivity index (χ0v) is 13.7. The molecule has 2 aliphatic rings. The molecule has 0 amide bonds. The molecule has 0 aromatic heterocycles. The van der Waals surface area contributed by atoms with Crippen molar-refractivity contribution in [2.24, 2.45) is 23.7 Å². The number of ether oxygens (including phenoxy) is 1. The third-order valence-corrected chi connectivity index (χ3v) is 5.43. The Morgan fingerprint density at radius 1 is 1.26 bits per heavy atom. The Balaban J connectivity index is 1.87. The molecule has 0 heterocycles. The van der Waals surface area contributed by atoms with Crippen LogP contribution in [0, 0.1) is 23.7 Å². The lowest BCUT2D eigenvalue weighted by molar-refractivity contribution is -0.260. The lowest BCUT2D eigenvalue weighted by atomic mass is 9.74. The third-order valence-electron chi connectivity index (χ3n) is 5.43. The van der Waals surface area contributed by atoms with Crippen LogP contribution < -0.4 is 0 Å². The zero-order chi connectivity index (χ0) is 17.4. The van der Waals surface area contributed by atoms with Gasteiger partial charge < -0.3 is 9.84 Å². The highest BCUT2D eigenvalue weighted by molar-refractivity contribution is 5.86. The van der Waals surface area contributed by atoms with Crippen LogP contribution >= 0.6 is 0 Å². The number of carbonyl (C=O) groups is 1. The van der Waals surface area contributed by atoms with Crippen LogP contribution in [-0.2, 0) is 9.53 Å². The number of rotatable bonds is 6. The zero-order valence-electron chi connectivity index (χ0n) is 13.7. The van der Waals surface area contributed by atoms with Gasteiger partial charge in [-0.3, -0.25) is 0 Å². The number of hydrogen-bond donors (Lipinski definition) is 1. The molecule has 0 aliphatic heterocycles. The molecule has 2 saturated carbocycles. The Labute approximate surface area is 134 Å². The standard InChI is InChI=1S/C17H25F3O3/c1-10(2)15(21)23-5-4-12-6-11-7-13(14(12)8-11)9-16(3,22)17(18,19)20/h11-14,22H,1,4-9H2,2-3H3. The molecule has 0 aromatic carbocycles. The first-order valence-electron chi connectivity index (χ1n) is 8.13. The van der Waals surface area contributed by atoms with Gasteiger partial charge in [0.2, 0.25) is 0 Å². The maximum absolute atomic E-state index is 12.9. The molecule has 2 bridgehead atoms. The van der Waals surface area contributed by atoms with Crippen LogP contribution in [0.15, 0.2) is 12.2 Å². The second-order valence-corrected chi connectivity index (χ2v) is 7.44. The Morgan fingerprint density at radius 3 is 2.39 bits per heavy atom. The highest BCUT2D eigenvalue weighted by Gasteiger charge is 2.54. The number of fused-ring (bicyclic) bond motifs is 2. The normalized spacial score (nSPS) is 32.6. The summed E-state index contributed by atoms with van der Waals surface area (Å²) >= 11 is 0. The molecule has 2 aliphatic carbocycles. The van der Waals surface area contributed by atoms with Crippen LogP contribution in [0.25, 0.3) is 0 Å².